The molecule has 0 aliphatic carbocycles. The van der Waals surface area contributed by atoms with Gasteiger partial charge in [0.2, 0.25) is 5.16 Å². The van der Waals surface area contributed by atoms with Crippen LogP contribution in [0.1, 0.15) is 44.6 Å². The van der Waals surface area contributed by atoms with Gasteiger partial charge in [-0.25, -0.2) is 9.50 Å². The molecule has 2 aromatic rings. The molecule has 0 fully saturated rings. The number of ether oxygens (including phenoxy) is 1. The van der Waals surface area contributed by atoms with Crippen LogP contribution in [0.3, 0.4) is 0 Å². The summed E-state index contributed by atoms with van der Waals surface area (Å²) in [6.45, 7) is 11.2. The van der Waals surface area contributed by atoms with Crippen LogP contribution >= 0.6 is 11.8 Å². The number of thioether (sulfide) groups is 1. The van der Waals surface area contributed by atoms with Gasteiger partial charge in [0, 0.05) is 29.0 Å². The van der Waals surface area contributed by atoms with Crippen molar-refractivity contribution in [1.82, 2.24) is 24.5 Å². The molecule has 27 heavy (non-hydrogen) atoms. The molecule has 0 bridgehead atoms. The molecule has 2 heterocycles. The highest BCUT2D eigenvalue weighted by Crippen LogP contribution is 2.17. The molecule has 2 aromatic heterocycles. The third-order valence-corrected chi connectivity index (χ3v) is 4.83. The summed E-state index contributed by atoms with van der Waals surface area (Å²) in [6, 6.07) is 0.0930. The molecule has 0 saturated heterocycles. The molecular weight excluding hydrogens is 366 g/mol. The number of fused-ring (bicyclic) bond motifs is 1. The summed E-state index contributed by atoms with van der Waals surface area (Å²) >= 11 is 1.43. The first-order valence-corrected chi connectivity index (χ1v) is 10.1. The van der Waals surface area contributed by atoms with Gasteiger partial charge in [0.25, 0.3) is 11.7 Å². The fourth-order valence-electron chi connectivity index (χ4n) is 3.12. The second kappa shape index (κ2) is 8.69. The van der Waals surface area contributed by atoms with E-state index in [0.29, 0.717) is 16.6 Å². The number of rotatable bonds is 7. The van der Waals surface area contributed by atoms with E-state index in [-0.39, 0.29) is 31.0 Å². The number of aromatic nitrogens is 4. The Morgan fingerprint density at radius 3 is 2.33 bits per heavy atom. The fraction of sp³-hybridized carbons (Fsp3) is 0.611. The van der Waals surface area contributed by atoms with Crippen molar-refractivity contribution in [2.45, 2.75) is 65.2 Å². The van der Waals surface area contributed by atoms with E-state index in [1.165, 1.54) is 11.8 Å². The Kier molecular flexibility index (Phi) is 6.80. The Morgan fingerprint density at radius 2 is 1.78 bits per heavy atom. The molecule has 0 aromatic carbocycles. The lowest BCUT2D eigenvalue weighted by molar-refractivity contribution is -0.153. The number of nitrogens with zero attached hydrogens (tertiary/aromatic N) is 5. The highest BCUT2D eigenvalue weighted by molar-refractivity contribution is 7.98. The number of amides is 1. The SMILES string of the molecule is CSc1nc2nc(C)c(CC(=O)OCC(=O)N(C(C)C)C(C)C)c(C)n2n1. The van der Waals surface area contributed by atoms with Crippen LogP contribution < -0.4 is 0 Å². The summed E-state index contributed by atoms with van der Waals surface area (Å²) in [6.07, 6.45) is 1.93. The van der Waals surface area contributed by atoms with Crippen molar-refractivity contribution in [3.63, 3.8) is 0 Å². The van der Waals surface area contributed by atoms with Gasteiger partial charge in [-0.05, 0) is 47.8 Å². The summed E-state index contributed by atoms with van der Waals surface area (Å²) in [5.41, 5.74) is 2.23. The standard InChI is InChI=1S/C18H27N5O3S/c1-10(2)22(11(3)4)15(24)9-26-16(25)8-14-12(5)19-17-20-18(27-7)21-23(17)13(14)6/h10-11H,8-9H2,1-7H3. The van der Waals surface area contributed by atoms with Gasteiger partial charge in [-0.2, -0.15) is 4.98 Å². The molecule has 148 valence electrons. The van der Waals surface area contributed by atoms with E-state index in [1.54, 1.807) is 9.42 Å². The molecule has 0 atom stereocenters. The predicted molar refractivity (Wildman–Crippen MR) is 104 cm³/mol. The summed E-state index contributed by atoms with van der Waals surface area (Å²) < 4.78 is 6.86. The first-order valence-electron chi connectivity index (χ1n) is 8.89. The van der Waals surface area contributed by atoms with Gasteiger partial charge in [-0.15, -0.1) is 5.10 Å². The van der Waals surface area contributed by atoms with Crippen LogP contribution in [0.4, 0.5) is 0 Å². The first-order chi connectivity index (χ1) is 12.6. The molecule has 9 heteroatoms. The van der Waals surface area contributed by atoms with E-state index in [9.17, 15) is 9.59 Å². The minimum atomic E-state index is -0.464. The van der Waals surface area contributed by atoms with Crippen molar-refractivity contribution < 1.29 is 14.3 Å². The average Bonchev–Trinajstić information content (AvgIpc) is 2.99. The van der Waals surface area contributed by atoms with Crippen LogP contribution in [0.15, 0.2) is 5.16 Å². The van der Waals surface area contributed by atoms with Gasteiger partial charge in [0.05, 0.1) is 6.42 Å². The van der Waals surface area contributed by atoms with E-state index in [4.69, 9.17) is 4.74 Å². The topological polar surface area (TPSA) is 89.7 Å². The molecule has 0 aliphatic heterocycles. The van der Waals surface area contributed by atoms with Gasteiger partial charge in [-0.3, -0.25) is 9.59 Å². The summed E-state index contributed by atoms with van der Waals surface area (Å²) in [7, 11) is 0. The second-order valence-electron chi connectivity index (χ2n) is 6.90. The quantitative estimate of drug-likeness (QED) is 0.526. The summed E-state index contributed by atoms with van der Waals surface area (Å²) in [5, 5.41) is 4.99. The van der Waals surface area contributed by atoms with Gasteiger partial charge >= 0.3 is 5.97 Å². The lowest BCUT2D eigenvalue weighted by Crippen LogP contribution is -2.44. The maximum atomic E-state index is 12.3. The van der Waals surface area contributed by atoms with Crippen molar-refractivity contribution in [3.05, 3.63) is 17.0 Å². The maximum absolute atomic E-state index is 12.3. The largest absolute Gasteiger partial charge is 0.455 e. The Morgan fingerprint density at radius 1 is 1.15 bits per heavy atom. The Balaban J connectivity index is 2.10. The third-order valence-electron chi connectivity index (χ3n) is 4.29. The van der Waals surface area contributed by atoms with Crippen LogP contribution in [0, 0.1) is 13.8 Å². The Labute approximate surface area is 163 Å². The first kappa shape index (κ1) is 21.1. The third kappa shape index (κ3) is 4.77. The van der Waals surface area contributed by atoms with Crippen LogP contribution in [0.5, 0.6) is 0 Å². The van der Waals surface area contributed by atoms with E-state index in [0.717, 1.165) is 11.3 Å². The Hall–Kier alpha value is -2.16. The second-order valence-corrected chi connectivity index (χ2v) is 7.67. The maximum Gasteiger partial charge on any atom is 0.310 e. The molecule has 8 nitrogen and oxygen atoms in total. The lowest BCUT2D eigenvalue weighted by Gasteiger charge is -2.30. The highest BCUT2D eigenvalue weighted by Gasteiger charge is 2.22. The molecule has 1 amide bonds. The van der Waals surface area contributed by atoms with E-state index in [2.05, 4.69) is 15.1 Å². The number of hydrogen-bond acceptors (Lipinski definition) is 7. The zero-order valence-corrected chi connectivity index (χ0v) is 17.8. The molecular formula is C18H27N5O3S. The predicted octanol–water partition coefficient (Wildman–Crippen LogP) is 2.19. The molecule has 0 N–H and O–H groups in total. The normalized spacial score (nSPS) is 11.4. The smallest absolute Gasteiger partial charge is 0.310 e. The Bertz CT molecular complexity index is 839. The molecule has 0 spiro atoms. The van der Waals surface area contributed by atoms with Crippen molar-refractivity contribution >= 4 is 29.4 Å². The van der Waals surface area contributed by atoms with Crippen molar-refractivity contribution in [2.75, 3.05) is 12.9 Å². The highest BCUT2D eigenvalue weighted by atomic mass is 32.2. The van der Waals surface area contributed by atoms with Crippen LogP contribution in [0.25, 0.3) is 5.78 Å². The number of hydrogen-bond donors (Lipinski definition) is 0. The number of esters is 1. The molecule has 0 unspecified atom stereocenters. The van der Waals surface area contributed by atoms with Crippen LogP contribution in [-0.2, 0) is 20.7 Å². The van der Waals surface area contributed by atoms with Gasteiger partial charge in [-0.1, -0.05) is 11.8 Å². The van der Waals surface area contributed by atoms with Crippen LogP contribution in [0.2, 0.25) is 0 Å². The monoisotopic (exact) mass is 393 g/mol. The number of carbonyl (C=O) groups is 2. The molecule has 2 rings (SSSR count). The van der Waals surface area contributed by atoms with Crippen LogP contribution in [-0.4, -0.2) is 61.3 Å². The molecule has 0 saturated carbocycles. The number of aryl methyl sites for hydroxylation is 2. The fourth-order valence-corrected chi connectivity index (χ4v) is 3.45. The van der Waals surface area contributed by atoms with Crippen molar-refractivity contribution in [2.24, 2.45) is 0 Å². The van der Waals surface area contributed by atoms with Gasteiger partial charge in [0.1, 0.15) is 0 Å². The average molecular weight is 394 g/mol. The van der Waals surface area contributed by atoms with E-state index in [1.807, 2.05) is 47.8 Å². The summed E-state index contributed by atoms with van der Waals surface area (Å²) in [5.74, 6) is -0.157. The zero-order chi connectivity index (χ0) is 20.3. The minimum Gasteiger partial charge on any atom is -0.455 e. The zero-order valence-electron chi connectivity index (χ0n) is 16.9. The van der Waals surface area contributed by atoms with Crippen molar-refractivity contribution in [1.29, 1.82) is 0 Å². The number of carbonyl (C=O) groups excluding carboxylic acids is 2. The van der Waals surface area contributed by atoms with Gasteiger partial charge < -0.3 is 9.64 Å². The summed E-state index contributed by atoms with van der Waals surface area (Å²) in [4.78, 5) is 35.1. The minimum absolute atomic E-state index is 0.0334. The van der Waals surface area contributed by atoms with Gasteiger partial charge in [0.15, 0.2) is 6.61 Å². The van der Waals surface area contributed by atoms with E-state index >= 15 is 0 Å². The lowest BCUT2D eigenvalue weighted by atomic mass is 10.1. The van der Waals surface area contributed by atoms with Crippen molar-refractivity contribution in [3.8, 4) is 0 Å². The van der Waals surface area contributed by atoms with E-state index < -0.39 is 5.97 Å². The molecule has 0 aliphatic rings. The molecule has 0 radical (unpaired) electrons.